The number of hydrogen-bond donors (Lipinski definition) is 2. The molecule has 5 nitrogen and oxygen atoms in total. The highest BCUT2D eigenvalue weighted by atomic mass is 35.5. The lowest BCUT2D eigenvalue weighted by Gasteiger charge is -2.23. The summed E-state index contributed by atoms with van der Waals surface area (Å²) in [5.41, 5.74) is 1.79. The molecule has 1 atom stereocenters. The maximum atomic E-state index is 11.0. The minimum absolute atomic E-state index is 0.235. The summed E-state index contributed by atoms with van der Waals surface area (Å²) in [7, 11) is 0. The fourth-order valence-corrected chi connectivity index (χ4v) is 3.64. The van der Waals surface area contributed by atoms with Crippen LogP contribution in [0.4, 0.5) is 0 Å². The summed E-state index contributed by atoms with van der Waals surface area (Å²) in [6, 6.07) is 5.65. The van der Waals surface area contributed by atoms with Gasteiger partial charge in [-0.3, -0.25) is 9.69 Å². The summed E-state index contributed by atoms with van der Waals surface area (Å²) in [5.74, 6) is 0.0139. The lowest BCUT2D eigenvalue weighted by atomic mass is 10.1. The third-order valence-electron chi connectivity index (χ3n) is 4.48. The van der Waals surface area contributed by atoms with Crippen molar-refractivity contribution in [1.82, 2.24) is 9.88 Å². The summed E-state index contributed by atoms with van der Waals surface area (Å²) in [5, 5.41) is 11.5. The molecule has 0 aliphatic carbocycles. The zero-order valence-electron chi connectivity index (χ0n) is 13.1. The van der Waals surface area contributed by atoms with E-state index in [0.717, 1.165) is 48.8 Å². The molecule has 124 valence electrons. The van der Waals surface area contributed by atoms with Crippen LogP contribution < -0.4 is 0 Å². The second-order valence-electron chi connectivity index (χ2n) is 6.00. The van der Waals surface area contributed by atoms with Gasteiger partial charge in [-0.1, -0.05) is 17.7 Å². The number of esters is 1. The smallest absolute Gasteiger partial charge is 0.302 e. The zero-order chi connectivity index (χ0) is 16.4. The Morgan fingerprint density at radius 3 is 3.13 bits per heavy atom. The molecule has 3 rings (SSSR count). The monoisotopic (exact) mass is 336 g/mol. The number of likely N-dealkylation sites (tertiary alicyclic amines) is 1. The molecule has 1 aliphatic heterocycles. The lowest BCUT2D eigenvalue weighted by molar-refractivity contribution is -0.142. The number of nitrogens with zero attached hydrogens (tertiary/aromatic N) is 1. The fraction of sp³-hybridized carbons (Fsp3) is 0.471. The first-order valence-corrected chi connectivity index (χ1v) is 8.29. The maximum absolute atomic E-state index is 11.0. The number of aromatic amines is 1. The summed E-state index contributed by atoms with van der Waals surface area (Å²) in [6.07, 6.45) is 2.89. The SMILES string of the molecule is CC(=O)OC[C@@H]1CCCN1CCc1c(Cl)[nH]c2cccc(O)c12. The first-order valence-electron chi connectivity index (χ1n) is 7.91. The number of rotatable bonds is 5. The van der Waals surface area contributed by atoms with Gasteiger partial charge in [-0.05, 0) is 37.9 Å². The molecule has 1 saturated heterocycles. The molecule has 0 bridgehead atoms. The highest BCUT2D eigenvalue weighted by molar-refractivity contribution is 6.32. The van der Waals surface area contributed by atoms with Crippen LogP contribution in [0.2, 0.25) is 5.15 Å². The number of carbonyl (C=O) groups is 1. The van der Waals surface area contributed by atoms with Crippen molar-refractivity contribution in [1.29, 1.82) is 0 Å². The fourth-order valence-electron chi connectivity index (χ4n) is 3.35. The van der Waals surface area contributed by atoms with Crippen LogP contribution in [-0.2, 0) is 16.0 Å². The lowest BCUT2D eigenvalue weighted by Crippen LogP contribution is -2.35. The predicted octanol–water partition coefficient (Wildman–Crippen LogP) is 3.10. The van der Waals surface area contributed by atoms with Gasteiger partial charge in [-0.2, -0.15) is 0 Å². The number of aromatic hydroxyl groups is 1. The quantitative estimate of drug-likeness (QED) is 0.823. The molecule has 0 unspecified atom stereocenters. The molecule has 1 aromatic carbocycles. The van der Waals surface area contributed by atoms with Crippen molar-refractivity contribution >= 4 is 28.5 Å². The standard InChI is InChI=1S/C17H21ClN2O3/c1-11(21)23-10-12-4-3-8-20(12)9-7-13-16-14(19-17(13)18)5-2-6-15(16)22/h2,5-6,12,19,22H,3-4,7-10H2,1H3/t12-/m0/s1. The van der Waals surface area contributed by atoms with E-state index in [1.54, 1.807) is 12.1 Å². The van der Waals surface area contributed by atoms with Crippen LogP contribution in [-0.4, -0.2) is 46.7 Å². The average Bonchev–Trinajstić information content (AvgIpc) is 3.07. The minimum atomic E-state index is -0.235. The summed E-state index contributed by atoms with van der Waals surface area (Å²) >= 11 is 6.31. The van der Waals surface area contributed by atoms with Gasteiger partial charge < -0.3 is 14.8 Å². The van der Waals surface area contributed by atoms with E-state index in [-0.39, 0.29) is 17.8 Å². The number of carbonyl (C=O) groups excluding carboxylic acids is 1. The van der Waals surface area contributed by atoms with Crippen LogP contribution in [0.3, 0.4) is 0 Å². The molecule has 23 heavy (non-hydrogen) atoms. The van der Waals surface area contributed by atoms with Crippen molar-refractivity contribution in [2.45, 2.75) is 32.2 Å². The summed E-state index contributed by atoms with van der Waals surface area (Å²) in [4.78, 5) is 16.4. The highest BCUT2D eigenvalue weighted by Crippen LogP contribution is 2.33. The van der Waals surface area contributed by atoms with E-state index in [2.05, 4.69) is 9.88 Å². The van der Waals surface area contributed by atoms with E-state index < -0.39 is 0 Å². The Kier molecular flexibility index (Phi) is 4.78. The first kappa shape index (κ1) is 16.1. The number of ether oxygens (including phenoxy) is 1. The van der Waals surface area contributed by atoms with Gasteiger partial charge in [0, 0.05) is 30.5 Å². The first-order chi connectivity index (χ1) is 11.1. The van der Waals surface area contributed by atoms with E-state index in [1.807, 2.05) is 6.07 Å². The Labute approximate surface area is 140 Å². The third kappa shape index (κ3) is 3.46. The van der Waals surface area contributed by atoms with Gasteiger partial charge in [0.1, 0.15) is 17.5 Å². The number of fused-ring (bicyclic) bond motifs is 1. The number of benzene rings is 1. The number of aromatic nitrogens is 1. The van der Waals surface area contributed by atoms with Gasteiger partial charge in [-0.15, -0.1) is 0 Å². The van der Waals surface area contributed by atoms with Crippen LogP contribution >= 0.6 is 11.6 Å². The molecule has 0 spiro atoms. The van der Waals surface area contributed by atoms with Crippen molar-refractivity contribution in [3.8, 4) is 5.75 Å². The third-order valence-corrected chi connectivity index (χ3v) is 4.80. The Balaban J connectivity index is 1.71. The number of halogens is 1. The van der Waals surface area contributed by atoms with Gasteiger partial charge in [0.05, 0.1) is 5.52 Å². The van der Waals surface area contributed by atoms with E-state index >= 15 is 0 Å². The second kappa shape index (κ2) is 6.81. The molecule has 1 aliphatic rings. The molecular weight excluding hydrogens is 316 g/mol. The van der Waals surface area contributed by atoms with Crippen LogP contribution in [0.5, 0.6) is 5.75 Å². The molecule has 6 heteroatoms. The Morgan fingerprint density at radius 1 is 1.52 bits per heavy atom. The molecule has 0 radical (unpaired) electrons. The molecule has 0 saturated carbocycles. The number of nitrogens with one attached hydrogen (secondary N) is 1. The van der Waals surface area contributed by atoms with E-state index in [0.29, 0.717) is 11.8 Å². The molecular formula is C17H21ClN2O3. The number of H-pyrrole nitrogens is 1. The molecule has 2 heterocycles. The Hall–Kier alpha value is -1.72. The van der Waals surface area contributed by atoms with Gasteiger partial charge in [0.15, 0.2) is 0 Å². The maximum Gasteiger partial charge on any atom is 0.302 e. The second-order valence-corrected chi connectivity index (χ2v) is 6.38. The zero-order valence-corrected chi connectivity index (χ0v) is 13.9. The number of phenolic OH excluding ortho intramolecular Hbond substituents is 1. The summed E-state index contributed by atoms with van der Waals surface area (Å²) in [6.45, 7) is 3.71. The van der Waals surface area contributed by atoms with E-state index in [1.165, 1.54) is 6.92 Å². The Morgan fingerprint density at radius 2 is 2.35 bits per heavy atom. The van der Waals surface area contributed by atoms with Gasteiger partial charge in [0.2, 0.25) is 0 Å². The van der Waals surface area contributed by atoms with Crippen molar-refractivity contribution in [3.63, 3.8) is 0 Å². The van der Waals surface area contributed by atoms with E-state index in [4.69, 9.17) is 16.3 Å². The van der Waals surface area contributed by atoms with Crippen molar-refractivity contribution < 1.29 is 14.6 Å². The van der Waals surface area contributed by atoms with Crippen LogP contribution in [0.1, 0.15) is 25.3 Å². The molecule has 0 amide bonds. The number of phenols is 1. The topological polar surface area (TPSA) is 65.6 Å². The molecule has 2 N–H and O–H groups in total. The van der Waals surface area contributed by atoms with Gasteiger partial charge in [-0.25, -0.2) is 0 Å². The van der Waals surface area contributed by atoms with Crippen LogP contribution in [0.15, 0.2) is 18.2 Å². The summed E-state index contributed by atoms with van der Waals surface area (Å²) < 4.78 is 5.15. The molecule has 1 aromatic heterocycles. The minimum Gasteiger partial charge on any atom is -0.507 e. The number of hydrogen-bond acceptors (Lipinski definition) is 4. The Bertz CT molecular complexity index is 713. The van der Waals surface area contributed by atoms with Crippen LogP contribution in [0, 0.1) is 0 Å². The molecule has 2 aromatic rings. The molecule has 1 fully saturated rings. The highest BCUT2D eigenvalue weighted by Gasteiger charge is 2.26. The predicted molar refractivity (Wildman–Crippen MR) is 89.9 cm³/mol. The normalized spacial score (nSPS) is 18.6. The van der Waals surface area contributed by atoms with Crippen molar-refractivity contribution in [3.05, 3.63) is 28.9 Å². The van der Waals surface area contributed by atoms with Crippen molar-refractivity contribution in [2.24, 2.45) is 0 Å². The van der Waals surface area contributed by atoms with Gasteiger partial charge in [0.25, 0.3) is 0 Å². The van der Waals surface area contributed by atoms with Crippen molar-refractivity contribution in [2.75, 3.05) is 19.7 Å². The average molecular weight is 337 g/mol. The van der Waals surface area contributed by atoms with Gasteiger partial charge >= 0.3 is 5.97 Å². The van der Waals surface area contributed by atoms with Crippen LogP contribution in [0.25, 0.3) is 10.9 Å². The van der Waals surface area contributed by atoms with E-state index in [9.17, 15) is 9.90 Å². The largest absolute Gasteiger partial charge is 0.507 e.